The van der Waals surface area contributed by atoms with Crippen LogP contribution in [0.4, 0.5) is 5.82 Å². The first-order valence-electron chi connectivity index (χ1n) is 6.59. The van der Waals surface area contributed by atoms with Crippen LogP contribution in [0.15, 0.2) is 53.4 Å². The molecule has 23 heavy (non-hydrogen) atoms. The van der Waals surface area contributed by atoms with Crippen molar-refractivity contribution >= 4 is 38.5 Å². The standard InChI is InChI=1S/C15H12ClN3O3S/c1-22-10-6-8-11(9-7-10)23(20,21)19-15-14(16)17-12-4-2-3-5-13(12)18-15/h2-9H,1H3,(H,18,19). The summed E-state index contributed by atoms with van der Waals surface area (Å²) in [7, 11) is -2.32. The van der Waals surface area contributed by atoms with Crippen LogP contribution >= 0.6 is 11.6 Å². The normalized spacial score (nSPS) is 11.4. The highest BCUT2D eigenvalue weighted by Crippen LogP contribution is 2.24. The molecule has 2 aromatic carbocycles. The zero-order valence-electron chi connectivity index (χ0n) is 12.0. The maximum Gasteiger partial charge on any atom is 0.263 e. The molecule has 1 aromatic heterocycles. The highest BCUT2D eigenvalue weighted by Gasteiger charge is 2.18. The van der Waals surface area contributed by atoms with Crippen LogP contribution in [0.3, 0.4) is 0 Å². The summed E-state index contributed by atoms with van der Waals surface area (Å²) in [6.07, 6.45) is 0. The summed E-state index contributed by atoms with van der Waals surface area (Å²) in [5.74, 6) is 0.550. The molecule has 0 radical (unpaired) electrons. The molecule has 0 aliphatic carbocycles. The molecule has 1 N–H and O–H groups in total. The van der Waals surface area contributed by atoms with Crippen molar-refractivity contribution in [3.8, 4) is 5.75 Å². The Morgan fingerprint density at radius 1 is 1.00 bits per heavy atom. The number of methoxy groups -OCH3 is 1. The van der Waals surface area contributed by atoms with Gasteiger partial charge < -0.3 is 4.74 Å². The molecular weight excluding hydrogens is 338 g/mol. The quantitative estimate of drug-likeness (QED) is 0.782. The molecular formula is C15H12ClN3O3S. The molecule has 0 unspecified atom stereocenters. The number of sulfonamides is 1. The van der Waals surface area contributed by atoms with Gasteiger partial charge in [0, 0.05) is 0 Å². The van der Waals surface area contributed by atoms with Gasteiger partial charge in [0.25, 0.3) is 10.0 Å². The Morgan fingerprint density at radius 3 is 2.22 bits per heavy atom. The molecule has 0 aliphatic rings. The molecule has 0 aliphatic heterocycles. The fourth-order valence-electron chi connectivity index (χ4n) is 1.98. The van der Waals surface area contributed by atoms with Crippen molar-refractivity contribution in [1.29, 1.82) is 0 Å². The predicted octanol–water partition coefficient (Wildman–Crippen LogP) is 3.09. The van der Waals surface area contributed by atoms with Crippen molar-refractivity contribution in [1.82, 2.24) is 9.97 Å². The Labute approximate surface area is 138 Å². The Kier molecular flexibility index (Phi) is 4.06. The van der Waals surface area contributed by atoms with Gasteiger partial charge in [0.15, 0.2) is 11.0 Å². The minimum Gasteiger partial charge on any atom is -0.497 e. The van der Waals surface area contributed by atoms with Gasteiger partial charge in [0.2, 0.25) is 0 Å². The Bertz CT molecular complexity index is 959. The van der Waals surface area contributed by atoms with Gasteiger partial charge in [-0.3, -0.25) is 4.72 Å². The van der Waals surface area contributed by atoms with E-state index < -0.39 is 10.0 Å². The summed E-state index contributed by atoms with van der Waals surface area (Å²) in [6.45, 7) is 0. The SMILES string of the molecule is COc1ccc(S(=O)(=O)Nc2nc3ccccc3nc2Cl)cc1. The van der Waals surface area contributed by atoms with Gasteiger partial charge in [-0.15, -0.1) is 0 Å². The molecule has 8 heteroatoms. The highest BCUT2D eigenvalue weighted by molar-refractivity contribution is 7.92. The van der Waals surface area contributed by atoms with E-state index in [0.717, 1.165) is 0 Å². The number of halogens is 1. The molecule has 0 saturated heterocycles. The topological polar surface area (TPSA) is 81.2 Å². The highest BCUT2D eigenvalue weighted by atomic mass is 35.5. The summed E-state index contributed by atoms with van der Waals surface area (Å²) < 4.78 is 32.2. The van der Waals surface area contributed by atoms with Crippen molar-refractivity contribution in [3.63, 3.8) is 0 Å². The average molecular weight is 350 g/mol. The van der Waals surface area contributed by atoms with Gasteiger partial charge in [0.05, 0.1) is 23.0 Å². The number of aromatic nitrogens is 2. The first-order valence-corrected chi connectivity index (χ1v) is 8.45. The number of benzene rings is 2. The van der Waals surface area contributed by atoms with Gasteiger partial charge in [0.1, 0.15) is 5.75 Å². The lowest BCUT2D eigenvalue weighted by molar-refractivity contribution is 0.414. The molecule has 6 nitrogen and oxygen atoms in total. The first-order chi connectivity index (χ1) is 11.0. The van der Waals surface area contributed by atoms with Crippen molar-refractivity contribution in [3.05, 3.63) is 53.7 Å². The van der Waals surface area contributed by atoms with Gasteiger partial charge in [-0.05, 0) is 36.4 Å². The number of para-hydroxylation sites is 2. The number of fused-ring (bicyclic) bond motifs is 1. The summed E-state index contributed by atoms with van der Waals surface area (Å²) in [6, 6.07) is 13.0. The predicted molar refractivity (Wildman–Crippen MR) is 88.4 cm³/mol. The van der Waals surface area contributed by atoms with E-state index in [9.17, 15) is 8.42 Å². The molecule has 0 amide bonds. The number of nitrogens with zero attached hydrogens (tertiary/aromatic N) is 2. The third-order valence-electron chi connectivity index (χ3n) is 3.13. The summed E-state index contributed by atoms with van der Waals surface area (Å²) in [4.78, 5) is 8.42. The van der Waals surface area contributed by atoms with Gasteiger partial charge in [-0.1, -0.05) is 23.7 Å². The van der Waals surface area contributed by atoms with Crippen LogP contribution < -0.4 is 9.46 Å². The summed E-state index contributed by atoms with van der Waals surface area (Å²) in [5.41, 5.74) is 1.13. The van der Waals surface area contributed by atoms with E-state index in [2.05, 4.69) is 14.7 Å². The first kappa shape index (κ1) is 15.5. The van der Waals surface area contributed by atoms with Crippen LogP contribution in [0.1, 0.15) is 0 Å². The lowest BCUT2D eigenvalue weighted by atomic mass is 10.3. The fraction of sp³-hybridized carbons (Fsp3) is 0.0667. The Balaban J connectivity index is 1.97. The zero-order chi connectivity index (χ0) is 16.4. The van der Waals surface area contributed by atoms with E-state index in [1.165, 1.54) is 19.2 Å². The van der Waals surface area contributed by atoms with E-state index >= 15 is 0 Å². The number of hydrogen-bond acceptors (Lipinski definition) is 5. The fourth-order valence-corrected chi connectivity index (χ4v) is 3.23. The van der Waals surface area contributed by atoms with Crippen molar-refractivity contribution in [2.45, 2.75) is 4.90 Å². The molecule has 0 saturated carbocycles. The lowest BCUT2D eigenvalue weighted by Crippen LogP contribution is -2.14. The van der Waals surface area contributed by atoms with Crippen molar-refractivity contribution in [2.75, 3.05) is 11.8 Å². The van der Waals surface area contributed by atoms with E-state index in [1.54, 1.807) is 36.4 Å². The van der Waals surface area contributed by atoms with Crippen molar-refractivity contribution < 1.29 is 13.2 Å². The number of ether oxygens (including phenoxy) is 1. The van der Waals surface area contributed by atoms with Gasteiger partial charge in [-0.25, -0.2) is 18.4 Å². The molecule has 0 spiro atoms. The van der Waals surface area contributed by atoms with Crippen LogP contribution in [0.25, 0.3) is 11.0 Å². The largest absolute Gasteiger partial charge is 0.497 e. The number of rotatable bonds is 4. The lowest BCUT2D eigenvalue weighted by Gasteiger charge is -2.09. The van der Waals surface area contributed by atoms with E-state index in [0.29, 0.717) is 16.8 Å². The van der Waals surface area contributed by atoms with Crippen LogP contribution in [0, 0.1) is 0 Å². The van der Waals surface area contributed by atoms with Crippen molar-refractivity contribution in [2.24, 2.45) is 0 Å². The maximum atomic E-state index is 12.4. The average Bonchev–Trinajstić information content (AvgIpc) is 2.55. The van der Waals surface area contributed by atoms with E-state index in [1.807, 2.05) is 0 Å². The minimum absolute atomic E-state index is 0.0128. The number of nitrogens with one attached hydrogen (secondary N) is 1. The second kappa shape index (κ2) is 6.02. The molecule has 0 atom stereocenters. The van der Waals surface area contributed by atoms with Crippen LogP contribution in [0.5, 0.6) is 5.75 Å². The van der Waals surface area contributed by atoms with Crippen LogP contribution in [-0.4, -0.2) is 25.5 Å². The Hall–Kier alpha value is -2.38. The molecule has 0 bridgehead atoms. The van der Waals surface area contributed by atoms with Crippen LogP contribution in [0.2, 0.25) is 5.15 Å². The third-order valence-corrected chi connectivity index (χ3v) is 4.75. The second-order valence-electron chi connectivity index (χ2n) is 4.63. The summed E-state index contributed by atoms with van der Waals surface area (Å²) >= 11 is 6.02. The smallest absolute Gasteiger partial charge is 0.263 e. The van der Waals surface area contributed by atoms with Gasteiger partial charge >= 0.3 is 0 Å². The molecule has 1 heterocycles. The van der Waals surface area contributed by atoms with E-state index in [-0.39, 0.29) is 15.9 Å². The molecule has 0 fully saturated rings. The second-order valence-corrected chi connectivity index (χ2v) is 6.67. The maximum absolute atomic E-state index is 12.4. The Morgan fingerprint density at radius 2 is 1.61 bits per heavy atom. The zero-order valence-corrected chi connectivity index (χ0v) is 13.6. The third kappa shape index (κ3) is 3.20. The van der Waals surface area contributed by atoms with Gasteiger partial charge in [-0.2, -0.15) is 0 Å². The monoisotopic (exact) mass is 349 g/mol. The number of hydrogen-bond donors (Lipinski definition) is 1. The minimum atomic E-state index is -3.82. The van der Waals surface area contributed by atoms with Crippen LogP contribution in [-0.2, 0) is 10.0 Å². The summed E-state index contributed by atoms with van der Waals surface area (Å²) in [5, 5.41) is -0.0132. The molecule has 3 rings (SSSR count). The molecule has 118 valence electrons. The number of anilines is 1. The molecule has 3 aromatic rings. The van der Waals surface area contributed by atoms with E-state index in [4.69, 9.17) is 16.3 Å².